The first-order chi connectivity index (χ1) is 9.35. The van der Waals surface area contributed by atoms with Gasteiger partial charge in [0.15, 0.2) is 0 Å². The number of amides is 1. The van der Waals surface area contributed by atoms with Crippen molar-refractivity contribution in [3.8, 4) is 0 Å². The minimum atomic E-state index is -3.32. The first-order valence-electron chi connectivity index (χ1n) is 5.53. The van der Waals surface area contributed by atoms with E-state index in [4.69, 9.17) is 5.73 Å². The molecule has 0 spiro atoms. The van der Waals surface area contributed by atoms with Gasteiger partial charge in [0, 0.05) is 11.4 Å². The van der Waals surface area contributed by atoms with E-state index in [0.717, 1.165) is 6.26 Å². The van der Waals surface area contributed by atoms with E-state index in [9.17, 15) is 13.2 Å². The molecule has 0 unspecified atom stereocenters. The third-order valence-electron chi connectivity index (χ3n) is 2.34. The molecule has 1 aromatic carbocycles. The summed E-state index contributed by atoms with van der Waals surface area (Å²) >= 11 is 0. The topological polar surface area (TPSA) is 130 Å². The van der Waals surface area contributed by atoms with Gasteiger partial charge >= 0.3 is 0 Å². The molecule has 1 heterocycles. The van der Waals surface area contributed by atoms with E-state index in [0.29, 0.717) is 11.4 Å². The van der Waals surface area contributed by atoms with Crippen LogP contribution in [0.2, 0.25) is 0 Å². The molecule has 5 N–H and O–H groups in total. The number of carbonyl (C=O) groups is 1. The number of rotatable bonds is 4. The largest absolute Gasteiger partial charge is 0.396 e. The number of aromatic nitrogens is 2. The Labute approximate surface area is 115 Å². The van der Waals surface area contributed by atoms with Gasteiger partial charge in [-0.1, -0.05) is 0 Å². The zero-order valence-corrected chi connectivity index (χ0v) is 11.4. The van der Waals surface area contributed by atoms with E-state index in [1.165, 1.54) is 18.3 Å². The SMILES string of the molecule is CS(=O)(=O)Nc1ccc(NC(=O)c2[nH]ncc2N)cc1. The number of carbonyl (C=O) groups excluding carboxylic acids is 1. The van der Waals surface area contributed by atoms with Crippen LogP contribution in [0, 0.1) is 0 Å². The first-order valence-corrected chi connectivity index (χ1v) is 7.42. The van der Waals surface area contributed by atoms with Crippen LogP contribution in [0.4, 0.5) is 17.1 Å². The number of anilines is 3. The van der Waals surface area contributed by atoms with Crippen molar-refractivity contribution in [3.05, 3.63) is 36.2 Å². The predicted octanol–water partition coefficient (Wildman–Crippen LogP) is 0.616. The van der Waals surface area contributed by atoms with E-state index in [-0.39, 0.29) is 11.4 Å². The average molecular weight is 295 g/mol. The van der Waals surface area contributed by atoms with E-state index in [2.05, 4.69) is 20.2 Å². The van der Waals surface area contributed by atoms with Crippen LogP contribution in [0.1, 0.15) is 10.5 Å². The quantitative estimate of drug-likeness (QED) is 0.656. The molecule has 0 saturated heterocycles. The highest BCUT2D eigenvalue weighted by molar-refractivity contribution is 7.92. The molecule has 0 saturated carbocycles. The number of sulfonamides is 1. The predicted molar refractivity (Wildman–Crippen MR) is 75.9 cm³/mol. The maximum absolute atomic E-state index is 11.8. The molecule has 0 aliphatic heterocycles. The van der Waals surface area contributed by atoms with Crippen LogP contribution in [-0.2, 0) is 10.0 Å². The van der Waals surface area contributed by atoms with Gasteiger partial charge in [0.2, 0.25) is 10.0 Å². The van der Waals surface area contributed by atoms with Gasteiger partial charge in [0.1, 0.15) is 5.69 Å². The van der Waals surface area contributed by atoms with Gasteiger partial charge in [-0.05, 0) is 24.3 Å². The smallest absolute Gasteiger partial charge is 0.275 e. The van der Waals surface area contributed by atoms with E-state index >= 15 is 0 Å². The third-order valence-corrected chi connectivity index (χ3v) is 2.95. The number of nitrogens with one attached hydrogen (secondary N) is 3. The van der Waals surface area contributed by atoms with Crippen LogP contribution in [0.25, 0.3) is 0 Å². The molecule has 0 atom stereocenters. The van der Waals surface area contributed by atoms with Gasteiger partial charge in [-0.2, -0.15) is 5.10 Å². The molecular weight excluding hydrogens is 282 g/mol. The summed E-state index contributed by atoms with van der Waals surface area (Å²) in [5.41, 5.74) is 6.89. The number of nitrogen functional groups attached to an aromatic ring is 1. The van der Waals surface area contributed by atoms with Crippen molar-refractivity contribution in [1.29, 1.82) is 0 Å². The van der Waals surface area contributed by atoms with Crippen molar-refractivity contribution in [3.63, 3.8) is 0 Å². The molecule has 0 fully saturated rings. The monoisotopic (exact) mass is 295 g/mol. The highest BCUT2D eigenvalue weighted by Gasteiger charge is 2.11. The zero-order chi connectivity index (χ0) is 14.8. The normalized spacial score (nSPS) is 11.1. The number of aromatic amines is 1. The Kier molecular flexibility index (Phi) is 3.61. The fraction of sp³-hybridized carbons (Fsp3) is 0.0909. The number of nitrogens with zero attached hydrogens (tertiary/aromatic N) is 1. The summed E-state index contributed by atoms with van der Waals surface area (Å²) < 4.78 is 24.4. The summed E-state index contributed by atoms with van der Waals surface area (Å²) in [6, 6.07) is 6.20. The standard InChI is InChI=1S/C11H13N5O3S/c1-20(18,19)16-8-4-2-7(3-5-8)14-11(17)10-9(12)6-13-15-10/h2-6,16H,12H2,1H3,(H,13,15)(H,14,17). The Morgan fingerprint density at radius 2 is 1.85 bits per heavy atom. The third kappa shape index (κ3) is 3.48. The zero-order valence-electron chi connectivity index (χ0n) is 10.5. The minimum absolute atomic E-state index is 0.170. The van der Waals surface area contributed by atoms with Crippen LogP contribution < -0.4 is 15.8 Å². The van der Waals surface area contributed by atoms with Gasteiger partial charge in [-0.25, -0.2) is 8.42 Å². The molecule has 9 heteroatoms. The lowest BCUT2D eigenvalue weighted by Crippen LogP contribution is -2.14. The maximum atomic E-state index is 11.8. The minimum Gasteiger partial charge on any atom is -0.396 e. The molecule has 1 amide bonds. The number of nitrogens with two attached hydrogens (primary N) is 1. The average Bonchev–Trinajstić information content (AvgIpc) is 2.76. The Morgan fingerprint density at radius 3 is 2.35 bits per heavy atom. The molecule has 106 valence electrons. The second-order valence-corrected chi connectivity index (χ2v) is 5.85. The van der Waals surface area contributed by atoms with Crippen LogP contribution in [0.5, 0.6) is 0 Å². The lowest BCUT2D eigenvalue weighted by Gasteiger charge is -2.07. The fourth-order valence-electron chi connectivity index (χ4n) is 1.51. The maximum Gasteiger partial charge on any atom is 0.275 e. The van der Waals surface area contributed by atoms with E-state index < -0.39 is 15.9 Å². The summed E-state index contributed by atoms with van der Waals surface area (Å²) in [4.78, 5) is 11.8. The molecule has 0 bridgehead atoms. The Morgan fingerprint density at radius 1 is 1.25 bits per heavy atom. The van der Waals surface area contributed by atoms with Gasteiger partial charge < -0.3 is 11.1 Å². The molecular formula is C11H13N5O3S. The summed E-state index contributed by atoms with van der Waals surface area (Å²) in [6.45, 7) is 0. The van der Waals surface area contributed by atoms with E-state index in [1.807, 2.05) is 0 Å². The van der Waals surface area contributed by atoms with Gasteiger partial charge in [-0.3, -0.25) is 14.6 Å². The van der Waals surface area contributed by atoms with Crippen molar-refractivity contribution in [2.75, 3.05) is 22.0 Å². The van der Waals surface area contributed by atoms with Crippen LogP contribution in [0.15, 0.2) is 30.5 Å². The van der Waals surface area contributed by atoms with Crippen molar-refractivity contribution in [2.45, 2.75) is 0 Å². The Bertz CT molecular complexity index is 721. The van der Waals surface area contributed by atoms with Crippen molar-refractivity contribution in [2.24, 2.45) is 0 Å². The molecule has 1 aromatic heterocycles. The number of hydrogen-bond acceptors (Lipinski definition) is 5. The van der Waals surface area contributed by atoms with Crippen LogP contribution >= 0.6 is 0 Å². The first kappa shape index (κ1) is 13.9. The van der Waals surface area contributed by atoms with Crippen LogP contribution in [0.3, 0.4) is 0 Å². The summed E-state index contributed by atoms with van der Waals surface area (Å²) in [5, 5.41) is 8.75. The second kappa shape index (κ2) is 5.21. The molecule has 0 aliphatic rings. The molecule has 0 radical (unpaired) electrons. The highest BCUT2D eigenvalue weighted by atomic mass is 32.2. The summed E-state index contributed by atoms with van der Waals surface area (Å²) in [5.74, 6) is -0.427. The number of benzene rings is 1. The molecule has 2 aromatic rings. The molecule has 20 heavy (non-hydrogen) atoms. The Balaban J connectivity index is 2.08. The molecule has 0 aliphatic carbocycles. The Hall–Kier alpha value is -2.55. The number of hydrogen-bond donors (Lipinski definition) is 4. The van der Waals surface area contributed by atoms with E-state index in [1.54, 1.807) is 12.1 Å². The van der Waals surface area contributed by atoms with Crippen LogP contribution in [-0.4, -0.2) is 30.8 Å². The summed E-state index contributed by atoms with van der Waals surface area (Å²) in [7, 11) is -3.32. The summed E-state index contributed by atoms with van der Waals surface area (Å²) in [6.07, 6.45) is 2.40. The second-order valence-electron chi connectivity index (χ2n) is 4.11. The fourth-order valence-corrected chi connectivity index (χ4v) is 2.07. The van der Waals surface area contributed by atoms with Crippen molar-refractivity contribution >= 4 is 33.0 Å². The van der Waals surface area contributed by atoms with Crippen molar-refractivity contribution in [1.82, 2.24) is 10.2 Å². The van der Waals surface area contributed by atoms with Gasteiger partial charge in [-0.15, -0.1) is 0 Å². The van der Waals surface area contributed by atoms with Crippen molar-refractivity contribution < 1.29 is 13.2 Å². The van der Waals surface area contributed by atoms with Gasteiger partial charge in [0.25, 0.3) is 5.91 Å². The highest BCUT2D eigenvalue weighted by Crippen LogP contribution is 2.16. The lowest BCUT2D eigenvalue weighted by atomic mass is 10.2. The molecule has 2 rings (SSSR count). The van der Waals surface area contributed by atoms with Gasteiger partial charge in [0.05, 0.1) is 18.1 Å². The number of H-pyrrole nitrogens is 1. The lowest BCUT2D eigenvalue weighted by molar-refractivity contribution is 0.102. The molecule has 8 nitrogen and oxygen atoms in total.